The van der Waals surface area contributed by atoms with Crippen molar-refractivity contribution in [1.82, 2.24) is 9.47 Å². The fourth-order valence-corrected chi connectivity index (χ4v) is 7.10. The van der Waals surface area contributed by atoms with Crippen LogP contribution in [0.15, 0.2) is 41.3 Å². The van der Waals surface area contributed by atoms with E-state index < -0.39 is 0 Å². The summed E-state index contributed by atoms with van der Waals surface area (Å²) in [5, 5.41) is 3.61. The van der Waals surface area contributed by atoms with Crippen LogP contribution in [0.3, 0.4) is 0 Å². The molecule has 3 amide bonds. The number of nitrogens with zero attached hydrogens (tertiary/aromatic N) is 2. The van der Waals surface area contributed by atoms with Crippen molar-refractivity contribution in [3.8, 4) is 17.3 Å². The zero-order valence-corrected chi connectivity index (χ0v) is 21.7. The topological polar surface area (TPSA) is 71.4 Å². The van der Waals surface area contributed by atoms with E-state index >= 15 is 0 Å². The molecule has 0 bridgehead atoms. The number of aromatic nitrogens is 1. The molecule has 8 heteroatoms. The van der Waals surface area contributed by atoms with Crippen LogP contribution in [0.5, 0.6) is 0 Å². The van der Waals surface area contributed by atoms with Gasteiger partial charge in [-0.3, -0.25) is 19.3 Å². The Morgan fingerprint density at radius 2 is 1.92 bits per heavy atom. The number of aryl methyl sites for hydroxylation is 2. The van der Waals surface area contributed by atoms with Gasteiger partial charge in [-0.05, 0) is 86.7 Å². The zero-order valence-electron chi connectivity index (χ0n) is 20.1. The summed E-state index contributed by atoms with van der Waals surface area (Å²) in [4.78, 5) is 41.2. The van der Waals surface area contributed by atoms with E-state index in [1.165, 1.54) is 4.88 Å². The maximum Gasteiger partial charge on any atom is 0.294 e. The number of imide groups is 1. The molecule has 3 heterocycles. The van der Waals surface area contributed by atoms with Gasteiger partial charge in [0, 0.05) is 22.0 Å². The minimum atomic E-state index is -0.373. The summed E-state index contributed by atoms with van der Waals surface area (Å²) < 4.78 is 2.10. The van der Waals surface area contributed by atoms with E-state index in [9.17, 15) is 14.4 Å². The standard InChI is InChI=1S/C28H25N3O3S2/c1-4-14-30-26(33)23(36-28(30)34)16-19-15-17(2)31(18(19)3)27-24(21-12-8-9-13-22(21)35-27)25(32)29-20-10-6-5-7-11-20/h1,5-7,10-11,15-16H,8-9,12-14H2,2-3H3,(H,29,32)/b23-16+. The summed E-state index contributed by atoms with van der Waals surface area (Å²) in [6, 6.07) is 11.5. The van der Waals surface area contributed by atoms with Crippen LogP contribution >= 0.6 is 23.1 Å². The van der Waals surface area contributed by atoms with Gasteiger partial charge in [-0.1, -0.05) is 24.1 Å². The minimum absolute atomic E-state index is 0.0400. The number of hydrogen-bond acceptors (Lipinski definition) is 5. The number of terminal acetylenes is 1. The van der Waals surface area contributed by atoms with E-state index in [-0.39, 0.29) is 23.6 Å². The molecule has 1 N–H and O–H groups in total. The predicted octanol–water partition coefficient (Wildman–Crippen LogP) is 5.96. The Kier molecular flexibility index (Phi) is 6.61. The third kappa shape index (κ3) is 4.29. The molecule has 182 valence electrons. The van der Waals surface area contributed by atoms with Crippen LogP contribution in [0.4, 0.5) is 10.5 Å². The third-order valence-corrected chi connectivity index (χ3v) is 8.68. The van der Waals surface area contributed by atoms with Crippen LogP contribution in [-0.4, -0.2) is 33.1 Å². The Morgan fingerprint density at radius 3 is 2.67 bits per heavy atom. The number of para-hydroxylation sites is 1. The van der Waals surface area contributed by atoms with Crippen LogP contribution in [0.25, 0.3) is 11.1 Å². The molecule has 1 aromatic carbocycles. The first-order valence-electron chi connectivity index (χ1n) is 11.8. The maximum absolute atomic E-state index is 13.6. The Morgan fingerprint density at radius 1 is 1.17 bits per heavy atom. The first-order chi connectivity index (χ1) is 17.4. The molecule has 2 aliphatic rings. The van der Waals surface area contributed by atoms with E-state index in [1.807, 2.05) is 50.2 Å². The van der Waals surface area contributed by atoms with Crippen LogP contribution in [0, 0.1) is 26.2 Å². The molecule has 36 heavy (non-hydrogen) atoms. The Hall–Kier alpha value is -3.54. The summed E-state index contributed by atoms with van der Waals surface area (Å²) in [6.07, 6.45) is 11.1. The molecule has 0 spiro atoms. The normalized spacial score (nSPS) is 16.4. The number of carbonyl (C=O) groups excluding carboxylic acids is 3. The van der Waals surface area contributed by atoms with Gasteiger partial charge in [-0.2, -0.15) is 0 Å². The molecule has 3 aromatic rings. The number of anilines is 1. The van der Waals surface area contributed by atoms with Gasteiger partial charge >= 0.3 is 0 Å². The van der Waals surface area contributed by atoms with Gasteiger partial charge < -0.3 is 9.88 Å². The van der Waals surface area contributed by atoms with Crippen molar-refractivity contribution >= 4 is 51.9 Å². The number of nitrogens with one attached hydrogen (secondary N) is 1. The molecule has 5 rings (SSSR count). The summed E-state index contributed by atoms with van der Waals surface area (Å²) in [5.74, 6) is 1.88. The van der Waals surface area contributed by atoms with Crippen LogP contribution in [0.2, 0.25) is 0 Å². The molecule has 1 aliphatic carbocycles. The highest BCUT2D eigenvalue weighted by Crippen LogP contribution is 2.40. The molecule has 6 nitrogen and oxygen atoms in total. The monoisotopic (exact) mass is 515 g/mol. The van der Waals surface area contributed by atoms with Crippen molar-refractivity contribution in [1.29, 1.82) is 0 Å². The van der Waals surface area contributed by atoms with Gasteiger partial charge in [0.05, 0.1) is 17.0 Å². The SMILES string of the molecule is C#CCN1C(=O)S/C(=C/c2cc(C)n(-c3sc4c(c3C(=O)Nc3ccccc3)CCCC4)c2C)C1=O. The quantitative estimate of drug-likeness (QED) is 0.336. The second-order valence-electron chi connectivity index (χ2n) is 8.85. The zero-order chi connectivity index (χ0) is 25.4. The van der Waals surface area contributed by atoms with Gasteiger partial charge in [0.15, 0.2) is 0 Å². The van der Waals surface area contributed by atoms with Crippen LogP contribution < -0.4 is 5.32 Å². The largest absolute Gasteiger partial charge is 0.322 e. The van der Waals surface area contributed by atoms with Crippen molar-refractivity contribution in [3.05, 3.63) is 74.3 Å². The molecule has 0 unspecified atom stereocenters. The lowest BCUT2D eigenvalue weighted by molar-refractivity contribution is -0.122. The van der Waals surface area contributed by atoms with Crippen molar-refractivity contribution in [2.75, 3.05) is 11.9 Å². The number of carbonyl (C=O) groups is 3. The molecule has 1 aliphatic heterocycles. The Bertz CT molecular complexity index is 1460. The number of fused-ring (bicyclic) bond motifs is 1. The lowest BCUT2D eigenvalue weighted by Gasteiger charge is -2.14. The highest BCUT2D eigenvalue weighted by molar-refractivity contribution is 8.18. The van der Waals surface area contributed by atoms with Gasteiger partial charge in [-0.25, -0.2) is 0 Å². The maximum atomic E-state index is 13.6. The molecule has 0 radical (unpaired) electrons. The minimum Gasteiger partial charge on any atom is -0.322 e. The van der Waals surface area contributed by atoms with Crippen LogP contribution in [-0.2, 0) is 17.6 Å². The van der Waals surface area contributed by atoms with Crippen LogP contribution in [0.1, 0.15) is 50.6 Å². The second-order valence-corrected chi connectivity index (χ2v) is 10.9. The van der Waals surface area contributed by atoms with Crippen molar-refractivity contribution in [3.63, 3.8) is 0 Å². The fraction of sp³-hybridized carbons (Fsp3) is 0.250. The molecular formula is C28H25N3O3S2. The fourth-order valence-electron chi connectivity index (χ4n) is 4.77. The smallest absolute Gasteiger partial charge is 0.294 e. The third-order valence-electron chi connectivity index (χ3n) is 6.49. The number of amides is 3. The summed E-state index contributed by atoms with van der Waals surface area (Å²) in [5.41, 5.74) is 5.31. The summed E-state index contributed by atoms with van der Waals surface area (Å²) in [6.45, 7) is 3.93. The Labute approximate surface area is 218 Å². The molecular weight excluding hydrogens is 490 g/mol. The van der Waals surface area contributed by atoms with Crippen molar-refractivity contribution in [2.24, 2.45) is 0 Å². The molecule has 1 fully saturated rings. The molecule has 0 saturated carbocycles. The van der Waals surface area contributed by atoms with Gasteiger partial charge in [0.25, 0.3) is 17.1 Å². The highest BCUT2D eigenvalue weighted by atomic mass is 32.2. The average Bonchev–Trinajstić information content (AvgIpc) is 3.46. The van der Waals surface area contributed by atoms with Crippen molar-refractivity contribution < 1.29 is 14.4 Å². The number of hydrogen-bond donors (Lipinski definition) is 1. The number of rotatable bonds is 5. The molecule has 0 atom stereocenters. The van der Waals surface area contributed by atoms with E-state index in [0.29, 0.717) is 4.91 Å². The van der Waals surface area contributed by atoms with E-state index in [0.717, 1.165) is 81.1 Å². The number of benzene rings is 1. The van der Waals surface area contributed by atoms with Gasteiger partial charge in [0.1, 0.15) is 5.00 Å². The number of thiophene rings is 1. The first kappa shape index (κ1) is 24.2. The summed E-state index contributed by atoms with van der Waals surface area (Å²) >= 11 is 2.57. The first-order valence-corrected chi connectivity index (χ1v) is 13.4. The van der Waals surface area contributed by atoms with Gasteiger partial charge in [0.2, 0.25) is 0 Å². The second kappa shape index (κ2) is 9.84. The van der Waals surface area contributed by atoms with E-state index in [1.54, 1.807) is 17.4 Å². The van der Waals surface area contributed by atoms with Crippen molar-refractivity contribution in [2.45, 2.75) is 39.5 Å². The highest BCUT2D eigenvalue weighted by Gasteiger charge is 2.35. The number of thioether (sulfide) groups is 1. The molecule has 1 saturated heterocycles. The van der Waals surface area contributed by atoms with Gasteiger partial charge in [-0.15, -0.1) is 17.8 Å². The lowest BCUT2D eigenvalue weighted by Crippen LogP contribution is -2.28. The lowest BCUT2D eigenvalue weighted by atomic mass is 9.95. The molecule has 2 aromatic heterocycles. The van der Waals surface area contributed by atoms with E-state index in [4.69, 9.17) is 6.42 Å². The summed E-state index contributed by atoms with van der Waals surface area (Å²) in [7, 11) is 0. The van der Waals surface area contributed by atoms with E-state index in [2.05, 4.69) is 15.8 Å². The predicted molar refractivity (Wildman–Crippen MR) is 146 cm³/mol. The average molecular weight is 516 g/mol. The Balaban J connectivity index is 1.57.